The van der Waals surface area contributed by atoms with Gasteiger partial charge in [0.2, 0.25) is 5.91 Å². The molecule has 0 saturated carbocycles. The molecular weight excluding hydrogens is 261 g/mol. The normalized spacial score (nSPS) is 12.2. The monoisotopic (exact) mass is 281 g/mol. The number of halogens is 1. The first kappa shape index (κ1) is 16.1. The van der Waals surface area contributed by atoms with Crippen LogP contribution in [0.2, 0.25) is 0 Å². The number of carboxylic acid groups (broad SMARTS) is 1. The van der Waals surface area contributed by atoms with Gasteiger partial charge in [0, 0.05) is 6.42 Å². The van der Waals surface area contributed by atoms with Crippen molar-refractivity contribution in [3.63, 3.8) is 0 Å². The van der Waals surface area contributed by atoms with Crippen molar-refractivity contribution in [3.05, 3.63) is 35.4 Å². The average molecular weight is 281 g/mol. The molecule has 0 aliphatic heterocycles. The Kier molecular flexibility index (Phi) is 6.15. The summed E-state index contributed by atoms with van der Waals surface area (Å²) in [4.78, 5) is 22.1. The van der Waals surface area contributed by atoms with Crippen molar-refractivity contribution in [2.24, 2.45) is 0 Å². The zero-order valence-corrected chi connectivity index (χ0v) is 11.7. The predicted molar refractivity (Wildman–Crippen MR) is 74.4 cm³/mol. The van der Waals surface area contributed by atoms with E-state index >= 15 is 0 Å². The SMILES string of the molecule is CC(C)c1ccc(CCC(=O)NC(CF)C(=O)O)cc1. The van der Waals surface area contributed by atoms with Crippen LogP contribution in [0.5, 0.6) is 0 Å². The number of aliphatic carboxylic acids is 1. The first-order valence-electron chi connectivity index (χ1n) is 6.61. The van der Waals surface area contributed by atoms with Gasteiger partial charge in [0.1, 0.15) is 6.67 Å². The van der Waals surface area contributed by atoms with E-state index in [0.29, 0.717) is 12.3 Å². The molecule has 20 heavy (non-hydrogen) atoms. The fourth-order valence-electron chi connectivity index (χ4n) is 1.76. The number of rotatable bonds is 7. The summed E-state index contributed by atoms with van der Waals surface area (Å²) in [6, 6.07) is 6.48. The molecule has 4 nitrogen and oxygen atoms in total. The molecule has 0 heterocycles. The second-order valence-corrected chi connectivity index (χ2v) is 5.01. The lowest BCUT2D eigenvalue weighted by atomic mass is 10.0. The number of carbonyl (C=O) groups excluding carboxylic acids is 1. The van der Waals surface area contributed by atoms with Gasteiger partial charge in [-0.05, 0) is 23.5 Å². The Morgan fingerprint density at radius 3 is 2.30 bits per heavy atom. The van der Waals surface area contributed by atoms with Crippen molar-refractivity contribution in [1.29, 1.82) is 0 Å². The van der Waals surface area contributed by atoms with E-state index < -0.39 is 24.6 Å². The smallest absolute Gasteiger partial charge is 0.328 e. The molecule has 0 saturated heterocycles. The third-order valence-corrected chi connectivity index (χ3v) is 3.07. The fourth-order valence-corrected chi connectivity index (χ4v) is 1.76. The van der Waals surface area contributed by atoms with Crippen molar-refractivity contribution in [1.82, 2.24) is 5.32 Å². The highest BCUT2D eigenvalue weighted by Gasteiger charge is 2.19. The third kappa shape index (κ3) is 4.99. The molecule has 1 rings (SSSR count). The molecular formula is C15H20FNO3. The number of benzene rings is 1. The van der Waals surface area contributed by atoms with E-state index in [9.17, 15) is 14.0 Å². The fraction of sp³-hybridized carbons (Fsp3) is 0.467. The molecule has 0 radical (unpaired) electrons. The van der Waals surface area contributed by atoms with Gasteiger partial charge in [-0.25, -0.2) is 9.18 Å². The van der Waals surface area contributed by atoms with Crippen LogP contribution in [0.3, 0.4) is 0 Å². The Morgan fingerprint density at radius 2 is 1.85 bits per heavy atom. The Labute approximate surface area is 118 Å². The van der Waals surface area contributed by atoms with Crippen molar-refractivity contribution in [2.45, 2.75) is 38.6 Å². The van der Waals surface area contributed by atoms with E-state index in [2.05, 4.69) is 19.2 Å². The summed E-state index contributed by atoms with van der Waals surface area (Å²) in [6.07, 6.45) is 0.646. The highest BCUT2D eigenvalue weighted by Crippen LogP contribution is 2.15. The van der Waals surface area contributed by atoms with Crippen LogP contribution in [0.15, 0.2) is 24.3 Å². The minimum atomic E-state index is -1.45. The molecule has 1 aromatic rings. The summed E-state index contributed by atoms with van der Waals surface area (Å²) in [6.45, 7) is 3.10. The van der Waals surface area contributed by atoms with Crippen LogP contribution in [-0.4, -0.2) is 29.7 Å². The molecule has 0 fully saturated rings. The minimum Gasteiger partial charge on any atom is -0.480 e. The predicted octanol–water partition coefficient (Wildman–Crippen LogP) is 2.28. The highest BCUT2D eigenvalue weighted by atomic mass is 19.1. The van der Waals surface area contributed by atoms with Gasteiger partial charge in [-0.1, -0.05) is 38.1 Å². The molecule has 0 aromatic heterocycles. The standard InChI is InChI=1S/C15H20FNO3/c1-10(2)12-6-3-11(4-7-12)5-8-14(18)17-13(9-16)15(19)20/h3-4,6-7,10,13H,5,8-9H2,1-2H3,(H,17,18)(H,19,20). The quantitative estimate of drug-likeness (QED) is 0.805. The van der Waals surface area contributed by atoms with E-state index in [1.54, 1.807) is 0 Å². The third-order valence-electron chi connectivity index (χ3n) is 3.07. The Morgan fingerprint density at radius 1 is 1.25 bits per heavy atom. The van der Waals surface area contributed by atoms with Gasteiger partial charge in [0.25, 0.3) is 0 Å². The van der Waals surface area contributed by atoms with E-state index in [0.717, 1.165) is 5.56 Å². The second kappa shape index (κ2) is 7.62. The van der Waals surface area contributed by atoms with Crippen LogP contribution in [0, 0.1) is 0 Å². The number of hydrogen-bond donors (Lipinski definition) is 2. The van der Waals surface area contributed by atoms with Gasteiger partial charge < -0.3 is 10.4 Å². The molecule has 1 amide bonds. The summed E-state index contributed by atoms with van der Waals surface area (Å²) >= 11 is 0. The molecule has 1 unspecified atom stereocenters. The van der Waals surface area contributed by atoms with Gasteiger partial charge in [-0.3, -0.25) is 4.79 Å². The summed E-state index contributed by atoms with van der Waals surface area (Å²) in [5.74, 6) is -1.36. The van der Waals surface area contributed by atoms with Gasteiger partial charge >= 0.3 is 5.97 Å². The first-order chi connectivity index (χ1) is 9.43. The highest BCUT2D eigenvalue weighted by molar-refractivity contribution is 5.83. The number of alkyl halides is 1. The van der Waals surface area contributed by atoms with Crippen molar-refractivity contribution in [2.75, 3.05) is 6.67 Å². The zero-order valence-electron chi connectivity index (χ0n) is 11.7. The molecule has 5 heteroatoms. The number of carbonyl (C=O) groups is 2. The maximum absolute atomic E-state index is 12.4. The molecule has 0 aliphatic rings. The molecule has 0 aliphatic carbocycles. The number of nitrogens with one attached hydrogen (secondary N) is 1. The molecule has 0 bridgehead atoms. The number of amides is 1. The van der Waals surface area contributed by atoms with Crippen LogP contribution in [0.25, 0.3) is 0 Å². The molecule has 1 aromatic carbocycles. The largest absolute Gasteiger partial charge is 0.480 e. The van der Waals surface area contributed by atoms with Gasteiger partial charge in [0.05, 0.1) is 0 Å². The molecule has 1 atom stereocenters. The van der Waals surface area contributed by atoms with Crippen LogP contribution in [0.4, 0.5) is 4.39 Å². The lowest BCUT2D eigenvalue weighted by Gasteiger charge is -2.11. The maximum atomic E-state index is 12.4. The van der Waals surface area contributed by atoms with E-state index in [1.165, 1.54) is 5.56 Å². The molecule has 110 valence electrons. The van der Waals surface area contributed by atoms with Crippen LogP contribution < -0.4 is 5.32 Å². The molecule has 2 N–H and O–H groups in total. The minimum absolute atomic E-state index is 0.144. The maximum Gasteiger partial charge on any atom is 0.328 e. The number of hydrogen-bond acceptors (Lipinski definition) is 2. The number of carboxylic acids is 1. The first-order valence-corrected chi connectivity index (χ1v) is 6.61. The molecule has 0 spiro atoms. The Balaban J connectivity index is 2.46. The summed E-state index contributed by atoms with van der Waals surface area (Å²) in [5, 5.41) is 10.8. The lowest BCUT2D eigenvalue weighted by Crippen LogP contribution is -2.42. The average Bonchev–Trinajstić information content (AvgIpc) is 2.42. The Bertz CT molecular complexity index is 457. The van der Waals surface area contributed by atoms with Crippen molar-refractivity contribution in [3.8, 4) is 0 Å². The van der Waals surface area contributed by atoms with E-state index in [4.69, 9.17) is 5.11 Å². The topological polar surface area (TPSA) is 66.4 Å². The summed E-state index contributed by atoms with van der Waals surface area (Å²) < 4.78 is 12.4. The van der Waals surface area contributed by atoms with Gasteiger partial charge in [-0.15, -0.1) is 0 Å². The summed E-state index contributed by atoms with van der Waals surface area (Å²) in [5.41, 5.74) is 2.22. The van der Waals surface area contributed by atoms with Crippen LogP contribution >= 0.6 is 0 Å². The van der Waals surface area contributed by atoms with E-state index in [-0.39, 0.29) is 6.42 Å². The summed E-state index contributed by atoms with van der Waals surface area (Å²) in [7, 11) is 0. The lowest BCUT2D eigenvalue weighted by molar-refractivity contribution is -0.142. The number of aryl methyl sites for hydroxylation is 1. The van der Waals surface area contributed by atoms with Crippen molar-refractivity contribution < 1.29 is 19.1 Å². The van der Waals surface area contributed by atoms with E-state index in [1.807, 2.05) is 24.3 Å². The second-order valence-electron chi connectivity index (χ2n) is 5.01. The van der Waals surface area contributed by atoms with Crippen LogP contribution in [0.1, 0.15) is 37.3 Å². The van der Waals surface area contributed by atoms with Crippen LogP contribution in [-0.2, 0) is 16.0 Å². The Hall–Kier alpha value is -1.91. The van der Waals surface area contributed by atoms with Crippen molar-refractivity contribution >= 4 is 11.9 Å². The zero-order chi connectivity index (χ0) is 15.1. The van der Waals surface area contributed by atoms with Gasteiger partial charge in [0.15, 0.2) is 6.04 Å². The van der Waals surface area contributed by atoms with Gasteiger partial charge in [-0.2, -0.15) is 0 Å².